The van der Waals surface area contributed by atoms with E-state index in [1.54, 1.807) is 0 Å². The van der Waals surface area contributed by atoms with Crippen LogP contribution < -0.4 is 5.43 Å². The first-order valence-electron chi connectivity index (χ1n) is 4.18. The fourth-order valence-electron chi connectivity index (χ4n) is 1.05. The second-order valence-electron chi connectivity index (χ2n) is 2.90. The maximum absolute atomic E-state index is 10.9. The zero-order valence-electron chi connectivity index (χ0n) is 7.86. The Morgan fingerprint density at radius 3 is 2.69 bits per heavy atom. The van der Waals surface area contributed by atoms with Gasteiger partial charge in [0, 0.05) is 12.4 Å². The monoisotopic (exact) mass is 182 g/mol. The van der Waals surface area contributed by atoms with Crippen LogP contribution in [-0.2, 0) is 9.53 Å². The third-order valence-electron chi connectivity index (χ3n) is 1.67. The van der Waals surface area contributed by atoms with E-state index in [1.165, 1.54) is 7.11 Å². The highest BCUT2D eigenvalue weighted by molar-refractivity contribution is 5.70. The molecule has 1 atom stereocenters. The Balaban J connectivity index is 2.33. The van der Waals surface area contributed by atoms with Gasteiger partial charge in [-0.1, -0.05) is 0 Å². The van der Waals surface area contributed by atoms with Crippen LogP contribution in [0.15, 0.2) is 24.5 Å². The van der Waals surface area contributed by atoms with Gasteiger partial charge in [-0.15, -0.1) is 0 Å². The largest absolute Gasteiger partial charge is 0.469 e. The molecule has 1 aromatic rings. The number of aromatic nitrogens is 1. The molecule has 0 saturated carbocycles. The first-order valence-corrected chi connectivity index (χ1v) is 4.18. The minimum Gasteiger partial charge on any atom is -0.469 e. The predicted octanol–water partition coefficient (Wildman–Crippen LogP) is 0.983. The van der Waals surface area contributed by atoms with Gasteiger partial charge in [0.05, 0.1) is 19.6 Å². The molecule has 0 spiro atoms. The Morgan fingerprint density at radius 2 is 2.15 bits per heavy atom. The molecule has 0 bridgehead atoms. The highest BCUT2D eigenvalue weighted by Crippen LogP contribution is 1.96. The molecule has 1 heterocycles. The summed E-state index contributed by atoms with van der Waals surface area (Å²) < 4.78 is 6.36. The number of nitrogens with zero attached hydrogens (tertiary/aromatic N) is 1. The Bertz CT molecular complexity index is 257. The van der Waals surface area contributed by atoms with Crippen molar-refractivity contribution >= 4 is 5.97 Å². The van der Waals surface area contributed by atoms with Gasteiger partial charge in [-0.05, 0) is 19.1 Å². The summed E-state index contributed by atoms with van der Waals surface area (Å²) in [6.07, 6.45) is 4.14. The summed E-state index contributed by atoms with van der Waals surface area (Å²) in [5, 5.41) is 0. The summed E-state index contributed by atoms with van der Waals surface area (Å²) >= 11 is 0. The maximum atomic E-state index is 10.9. The maximum Gasteiger partial charge on any atom is 0.307 e. The highest BCUT2D eigenvalue weighted by Gasteiger charge is 2.07. The number of rotatable bonds is 4. The molecule has 0 fully saturated rings. The molecular formula is C9H14N2O2. The lowest BCUT2D eigenvalue weighted by molar-refractivity contribution is -0.140. The molecule has 1 aromatic heterocycles. The van der Waals surface area contributed by atoms with Gasteiger partial charge in [0.2, 0.25) is 0 Å². The van der Waals surface area contributed by atoms with Crippen molar-refractivity contribution in [3.05, 3.63) is 24.5 Å². The first kappa shape index (κ1) is 9.64. The van der Waals surface area contributed by atoms with Gasteiger partial charge in [0.1, 0.15) is 0 Å². The third kappa shape index (κ3) is 3.19. The summed E-state index contributed by atoms with van der Waals surface area (Å²) in [5.41, 5.74) is 3.10. The van der Waals surface area contributed by atoms with Gasteiger partial charge in [0.25, 0.3) is 0 Å². The van der Waals surface area contributed by atoms with E-state index in [4.69, 9.17) is 0 Å². The van der Waals surface area contributed by atoms with Crippen LogP contribution in [-0.4, -0.2) is 23.8 Å². The van der Waals surface area contributed by atoms with E-state index in [1.807, 2.05) is 36.1 Å². The molecule has 13 heavy (non-hydrogen) atoms. The van der Waals surface area contributed by atoms with Crippen molar-refractivity contribution in [3.63, 3.8) is 0 Å². The number of carbonyl (C=O) groups excluding carboxylic acids is 1. The molecule has 0 amide bonds. The quantitative estimate of drug-likeness (QED) is 0.706. The summed E-state index contributed by atoms with van der Waals surface area (Å²) in [4.78, 5) is 10.9. The van der Waals surface area contributed by atoms with E-state index in [-0.39, 0.29) is 12.0 Å². The molecule has 4 nitrogen and oxygen atoms in total. The van der Waals surface area contributed by atoms with Crippen molar-refractivity contribution in [1.29, 1.82) is 0 Å². The second kappa shape index (κ2) is 4.54. The lowest BCUT2D eigenvalue weighted by atomic mass is 10.2. The summed E-state index contributed by atoms with van der Waals surface area (Å²) in [6, 6.07) is 3.90. The molecular weight excluding hydrogens is 168 g/mol. The van der Waals surface area contributed by atoms with Crippen LogP contribution in [0.4, 0.5) is 0 Å². The average Bonchev–Trinajstić information content (AvgIpc) is 2.56. The fraction of sp³-hybridized carbons (Fsp3) is 0.444. The Morgan fingerprint density at radius 1 is 1.54 bits per heavy atom. The van der Waals surface area contributed by atoms with E-state index in [0.717, 1.165) is 0 Å². The van der Waals surface area contributed by atoms with Gasteiger partial charge >= 0.3 is 5.97 Å². The molecule has 1 N–H and O–H groups in total. The number of carbonyl (C=O) groups is 1. The van der Waals surface area contributed by atoms with Gasteiger partial charge in [-0.3, -0.25) is 9.47 Å². The molecule has 0 aliphatic carbocycles. The van der Waals surface area contributed by atoms with Crippen molar-refractivity contribution in [1.82, 2.24) is 4.68 Å². The normalized spacial score (nSPS) is 12.2. The smallest absolute Gasteiger partial charge is 0.307 e. The molecule has 72 valence electrons. The number of methoxy groups -OCH3 is 1. The van der Waals surface area contributed by atoms with E-state index < -0.39 is 0 Å². The zero-order chi connectivity index (χ0) is 9.68. The van der Waals surface area contributed by atoms with Gasteiger partial charge in [0.15, 0.2) is 0 Å². The van der Waals surface area contributed by atoms with Crippen LogP contribution in [0.2, 0.25) is 0 Å². The van der Waals surface area contributed by atoms with Crippen LogP contribution in [0.1, 0.15) is 13.3 Å². The number of hydrogen-bond acceptors (Lipinski definition) is 3. The van der Waals surface area contributed by atoms with Crippen LogP contribution in [0, 0.1) is 0 Å². The average molecular weight is 182 g/mol. The first-order chi connectivity index (χ1) is 6.22. The summed E-state index contributed by atoms with van der Waals surface area (Å²) in [7, 11) is 1.39. The van der Waals surface area contributed by atoms with Crippen molar-refractivity contribution in [2.45, 2.75) is 19.4 Å². The number of nitrogens with one attached hydrogen (secondary N) is 1. The zero-order valence-corrected chi connectivity index (χ0v) is 7.86. The highest BCUT2D eigenvalue weighted by atomic mass is 16.5. The second-order valence-corrected chi connectivity index (χ2v) is 2.90. The summed E-state index contributed by atoms with van der Waals surface area (Å²) in [6.45, 7) is 1.93. The number of ether oxygens (including phenoxy) is 1. The van der Waals surface area contributed by atoms with Gasteiger partial charge in [-0.2, -0.15) is 0 Å². The van der Waals surface area contributed by atoms with Crippen molar-refractivity contribution < 1.29 is 9.53 Å². The molecule has 1 unspecified atom stereocenters. The molecule has 0 saturated heterocycles. The van der Waals surface area contributed by atoms with Gasteiger partial charge in [-0.25, -0.2) is 0 Å². The predicted molar refractivity (Wildman–Crippen MR) is 49.9 cm³/mol. The minimum atomic E-state index is -0.202. The van der Waals surface area contributed by atoms with E-state index >= 15 is 0 Å². The van der Waals surface area contributed by atoms with E-state index in [2.05, 4.69) is 10.2 Å². The molecule has 0 aliphatic heterocycles. The number of hydrogen-bond donors (Lipinski definition) is 1. The van der Waals surface area contributed by atoms with Crippen LogP contribution in [0.25, 0.3) is 0 Å². The van der Waals surface area contributed by atoms with Crippen LogP contribution in [0.3, 0.4) is 0 Å². The Hall–Kier alpha value is -1.45. The molecule has 0 aromatic carbocycles. The van der Waals surface area contributed by atoms with E-state index in [9.17, 15) is 4.79 Å². The fourth-order valence-corrected chi connectivity index (χ4v) is 1.05. The van der Waals surface area contributed by atoms with Crippen LogP contribution >= 0.6 is 0 Å². The summed E-state index contributed by atoms with van der Waals surface area (Å²) in [5.74, 6) is -0.202. The topological polar surface area (TPSA) is 43.3 Å². The third-order valence-corrected chi connectivity index (χ3v) is 1.67. The molecule has 1 rings (SSSR count). The number of esters is 1. The lowest BCUT2D eigenvalue weighted by Crippen LogP contribution is -2.26. The Kier molecular flexibility index (Phi) is 3.37. The molecule has 0 aliphatic rings. The van der Waals surface area contributed by atoms with Crippen LogP contribution in [0.5, 0.6) is 0 Å². The Labute approximate surface area is 77.5 Å². The van der Waals surface area contributed by atoms with Crippen molar-refractivity contribution in [3.8, 4) is 0 Å². The SMILES string of the molecule is COC(=O)CC(C)Nn1cccc1. The van der Waals surface area contributed by atoms with Crippen molar-refractivity contribution in [2.75, 3.05) is 12.5 Å². The minimum absolute atomic E-state index is 0.0693. The van der Waals surface area contributed by atoms with E-state index in [0.29, 0.717) is 6.42 Å². The molecule has 4 heteroatoms. The standard InChI is InChI=1S/C9H14N2O2/c1-8(7-9(12)13-2)10-11-5-3-4-6-11/h3-6,8,10H,7H2,1-2H3. The van der Waals surface area contributed by atoms with Crippen molar-refractivity contribution in [2.24, 2.45) is 0 Å². The lowest BCUT2D eigenvalue weighted by Gasteiger charge is -2.14. The van der Waals surface area contributed by atoms with Gasteiger partial charge < -0.3 is 10.2 Å². The molecule has 0 radical (unpaired) electrons.